The first-order valence-corrected chi connectivity index (χ1v) is 17.5. The van der Waals surface area contributed by atoms with Gasteiger partial charge in [0.2, 0.25) is 0 Å². The van der Waals surface area contributed by atoms with E-state index in [2.05, 4.69) is 102 Å². The van der Waals surface area contributed by atoms with Crippen LogP contribution in [-0.2, 0) is 9.59 Å². The largest absolute Gasteiger partial charge is 0.543 e. The molecule has 0 heterocycles. The van der Waals surface area contributed by atoms with Gasteiger partial charge in [0.25, 0.3) is 0 Å². The van der Waals surface area contributed by atoms with Crippen molar-refractivity contribution in [3.63, 3.8) is 0 Å². The van der Waals surface area contributed by atoms with Crippen LogP contribution in [0.15, 0.2) is 60.7 Å². The summed E-state index contributed by atoms with van der Waals surface area (Å²) in [4.78, 5) is 17.9. The van der Waals surface area contributed by atoms with Crippen LogP contribution < -0.4 is 19.2 Å². The zero-order chi connectivity index (χ0) is 33.1. The quantitative estimate of drug-likeness (QED) is 0.116. The maximum atomic E-state index is 8.93. The van der Waals surface area contributed by atoms with Crippen LogP contribution in [0.2, 0.25) is 0 Å². The minimum Gasteiger partial charge on any atom is -0.543 e. The van der Waals surface area contributed by atoms with Gasteiger partial charge in [-0.15, -0.1) is 0 Å². The molecular weight excluding hydrogens is 548 g/mol. The highest BCUT2D eigenvalue weighted by Gasteiger charge is 2.29. The van der Waals surface area contributed by atoms with Crippen molar-refractivity contribution in [3.8, 4) is 0 Å². The molecule has 2 rings (SSSR count). The molecule has 0 radical (unpaired) electrons. The van der Waals surface area contributed by atoms with Gasteiger partial charge in [-0.1, -0.05) is 116 Å². The van der Waals surface area contributed by atoms with Gasteiger partial charge in [0.1, 0.15) is 11.4 Å². The van der Waals surface area contributed by atoms with E-state index >= 15 is 0 Å². The second-order valence-electron chi connectivity index (χ2n) is 12.0. The Morgan fingerprint density at radius 1 is 0.432 bits per heavy atom. The summed E-state index contributed by atoms with van der Waals surface area (Å²) >= 11 is 0. The lowest BCUT2D eigenvalue weighted by Gasteiger charge is -2.38. The number of unbranched alkanes of at least 4 members (excludes halogenated alkanes) is 6. The summed E-state index contributed by atoms with van der Waals surface area (Å²) in [5.41, 5.74) is 3.05. The van der Waals surface area contributed by atoms with Gasteiger partial charge >= 0.3 is 0 Å². The van der Waals surface area contributed by atoms with Gasteiger partial charge in [-0.25, -0.2) is 0 Å². The number of hydrogen-bond donors (Lipinski definition) is 0. The molecule has 6 nitrogen and oxygen atoms in total. The summed E-state index contributed by atoms with van der Waals surface area (Å²) < 4.78 is 2.41. The molecule has 2 aromatic carbocycles. The Labute approximate surface area is 270 Å². The van der Waals surface area contributed by atoms with Crippen molar-refractivity contribution in [1.29, 1.82) is 0 Å². The molecule has 2 aromatic rings. The molecule has 0 aliphatic carbocycles. The van der Waals surface area contributed by atoms with Crippen LogP contribution in [0.1, 0.15) is 119 Å². The van der Waals surface area contributed by atoms with E-state index < -0.39 is 11.9 Å². The monoisotopic (exact) mass is 612 g/mol. The zero-order valence-corrected chi connectivity index (χ0v) is 29.0. The first-order chi connectivity index (χ1) is 21.2. The Morgan fingerprint density at radius 3 is 0.795 bits per heavy atom. The zero-order valence-electron chi connectivity index (χ0n) is 29.0. The summed E-state index contributed by atoms with van der Waals surface area (Å²) in [5.74, 6) is -4.37. The number of nitrogens with zero attached hydrogens (tertiary/aromatic N) is 2. The van der Waals surface area contributed by atoms with Crippen LogP contribution in [0.3, 0.4) is 0 Å². The number of carboxylic acids is 2. The molecule has 0 aliphatic rings. The Balaban J connectivity index is 0.000000710. The predicted octanol–water partition coefficient (Wildman–Crippen LogP) is 7.27. The molecule has 0 unspecified atom stereocenters. The highest BCUT2D eigenvalue weighted by molar-refractivity contribution is 6.25. The van der Waals surface area contributed by atoms with E-state index in [1.807, 2.05) is 0 Å². The lowest BCUT2D eigenvalue weighted by atomic mass is 10.1. The van der Waals surface area contributed by atoms with Crippen LogP contribution in [0.5, 0.6) is 0 Å². The van der Waals surface area contributed by atoms with Crippen LogP contribution in [0.4, 0.5) is 11.4 Å². The van der Waals surface area contributed by atoms with E-state index in [0.29, 0.717) is 0 Å². The number of hydrogen-bond acceptors (Lipinski definition) is 4. The number of aliphatic carboxylic acids is 2. The van der Waals surface area contributed by atoms with Crippen LogP contribution in [0.25, 0.3) is 0 Å². The van der Waals surface area contributed by atoms with Gasteiger partial charge in [0, 0.05) is 0 Å². The van der Waals surface area contributed by atoms with E-state index in [9.17, 15) is 0 Å². The Morgan fingerprint density at radius 2 is 0.636 bits per heavy atom. The Hall–Kier alpha value is -2.70. The summed E-state index contributed by atoms with van der Waals surface area (Å²) in [6, 6.07) is 22.4. The Kier molecular flexibility index (Phi) is 24.0. The molecule has 0 saturated heterocycles. The number of carbonyl (C=O) groups is 2. The number of rotatable bonds is 20. The van der Waals surface area contributed by atoms with Crippen molar-refractivity contribution in [2.24, 2.45) is 0 Å². The maximum absolute atomic E-state index is 8.93. The average Bonchev–Trinajstić information content (AvgIpc) is 3.06. The minimum atomic E-state index is -2.19. The lowest BCUT2D eigenvalue weighted by molar-refractivity contribution is -0.345. The predicted molar refractivity (Wildman–Crippen MR) is 185 cm³/mol. The first-order valence-electron chi connectivity index (χ1n) is 17.5. The van der Waals surface area contributed by atoms with E-state index in [0.717, 1.165) is 0 Å². The van der Waals surface area contributed by atoms with E-state index in [1.54, 1.807) is 0 Å². The highest BCUT2D eigenvalue weighted by atomic mass is 16.4. The fourth-order valence-electron chi connectivity index (χ4n) is 5.70. The van der Waals surface area contributed by atoms with Crippen molar-refractivity contribution >= 4 is 23.3 Å². The first kappa shape index (κ1) is 41.3. The number of quaternary nitrogens is 2. The third-order valence-corrected chi connectivity index (χ3v) is 8.41. The minimum absolute atomic E-state index is 1.20. The lowest BCUT2D eigenvalue weighted by Crippen LogP contribution is -2.51. The topological polar surface area (TPSA) is 80.3 Å². The molecule has 0 saturated carbocycles. The van der Waals surface area contributed by atoms with Gasteiger partial charge < -0.3 is 19.8 Å². The standard InChI is InChI=1S/2C18H32N.C2H2O4/c2*1-4-7-15-19(16-8-5-2,17-9-6-3)18-13-11-10-12-14-18;3-1(4)2(5)6/h2*10-14H,4-9,15-17H2,1-3H3;(H,3,4)(H,5,6)/q2*+1;/p-2. The number of para-hydroxylation sites is 2. The van der Waals surface area contributed by atoms with Crippen LogP contribution in [0, 0.1) is 0 Å². The molecule has 0 atom stereocenters. The maximum Gasteiger partial charge on any atom is 0.132 e. The van der Waals surface area contributed by atoms with Crippen molar-refractivity contribution in [2.75, 3.05) is 39.3 Å². The summed E-state index contributed by atoms with van der Waals surface area (Å²) in [7, 11) is 0. The molecule has 0 spiro atoms. The molecule has 0 bridgehead atoms. The fourth-order valence-corrected chi connectivity index (χ4v) is 5.70. The van der Waals surface area contributed by atoms with E-state index in [4.69, 9.17) is 19.8 Å². The molecule has 0 aliphatic heterocycles. The van der Waals surface area contributed by atoms with E-state index in [1.165, 1.54) is 137 Å². The molecule has 250 valence electrons. The Bertz CT molecular complexity index is 842. The highest BCUT2D eigenvalue weighted by Crippen LogP contribution is 2.27. The molecule has 0 N–H and O–H groups in total. The number of carboxylic acid groups (broad SMARTS) is 2. The van der Waals surface area contributed by atoms with Gasteiger partial charge in [0.15, 0.2) is 0 Å². The third-order valence-electron chi connectivity index (χ3n) is 8.41. The van der Waals surface area contributed by atoms with Crippen molar-refractivity contribution < 1.29 is 19.8 Å². The van der Waals surface area contributed by atoms with Gasteiger partial charge in [0.05, 0.1) is 51.2 Å². The second-order valence-corrected chi connectivity index (χ2v) is 12.0. The molecule has 0 aromatic heterocycles. The SMILES string of the molecule is CCCC[N+](CCCC)(CCCC)c1ccccc1.CCCC[N+](CCCC)(CCCC)c1ccccc1.O=C([O-])C(=O)[O-]. The smallest absolute Gasteiger partial charge is 0.132 e. The second kappa shape index (κ2) is 25.6. The van der Waals surface area contributed by atoms with Crippen molar-refractivity contribution in [3.05, 3.63) is 60.7 Å². The van der Waals surface area contributed by atoms with Crippen LogP contribution in [-0.4, -0.2) is 51.2 Å². The molecule has 44 heavy (non-hydrogen) atoms. The third kappa shape index (κ3) is 16.4. The number of carbonyl (C=O) groups excluding carboxylic acids is 2. The molecular formula is C38H64N2O4. The summed E-state index contributed by atoms with van der Waals surface area (Å²) in [5, 5.41) is 17.9. The van der Waals surface area contributed by atoms with Gasteiger partial charge in [-0.05, 0) is 62.8 Å². The molecule has 6 heteroatoms. The van der Waals surface area contributed by atoms with Gasteiger partial charge in [-0.2, -0.15) is 0 Å². The van der Waals surface area contributed by atoms with Crippen LogP contribution >= 0.6 is 0 Å². The van der Waals surface area contributed by atoms with Crippen molar-refractivity contribution in [1.82, 2.24) is 8.97 Å². The summed E-state index contributed by atoms with van der Waals surface area (Å²) in [6.45, 7) is 21.7. The average molecular weight is 613 g/mol. The van der Waals surface area contributed by atoms with E-state index in [-0.39, 0.29) is 0 Å². The molecule has 0 amide bonds. The summed E-state index contributed by atoms with van der Waals surface area (Å²) in [6.07, 6.45) is 15.8. The molecule has 0 fully saturated rings. The van der Waals surface area contributed by atoms with Crippen molar-refractivity contribution in [2.45, 2.75) is 119 Å². The van der Waals surface area contributed by atoms with Gasteiger partial charge in [-0.3, -0.25) is 8.97 Å². The number of benzene rings is 2. The normalized spacial score (nSPS) is 11.1. The fraction of sp³-hybridized carbons (Fsp3) is 0.632.